The summed E-state index contributed by atoms with van der Waals surface area (Å²) in [6, 6.07) is 0.412. The van der Waals surface area contributed by atoms with Crippen molar-refractivity contribution in [2.45, 2.75) is 57.1 Å². The van der Waals surface area contributed by atoms with Crippen LogP contribution < -0.4 is 5.32 Å². The second-order valence-corrected chi connectivity index (χ2v) is 4.59. The van der Waals surface area contributed by atoms with Crippen molar-refractivity contribution in [1.82, 2.24) is 5.32 Å². The van der Waals surface area contributed by atoms with Gasteiger partial charge >= 0.3 is 0 Å². The highest BCUT2D eigenvalue weighted by atomic mass is 16.5. The predicted molar refractivity (Wildman–Crippen MR) is 58.3 cm³/mol. The monoisotopic (exact) mass is 209 g/mol. The van der Waals surface area contributed by atoms with E-state index in [2.05, 4.69) is 11.9 Å². The van der Waals surface area contributed by atoms with Crippen LogP contribution >= 0.6 is 0 Å². The van der Waals surface area contributed by atoms with Crippen LogP contribution in [0, 0.1) is 0 Å². The van der Waals surface area contributed by atoms with Crippen molar-refractivity contribution in [2.75, 3.05) is 0 Å². The molecule has 1 atom stereocenters. The Morgan fingerprint density at radius 1 is 1.40 bits per heavy atom. The van der Waals surface area contributed by atoms with Gasteiger partial charge in [0.25, 0.3) is 0 Å². The van der Waals surface area contributed by atoms with Crippen molar-refractivity contribution in [3.63, 3.8) is 0 Å². The SMILES string of the molecule is C=C1CC(CC(=O)NC2CCCCC2)O1. The van der Waals surface area contributed by atoms with E-state index >= 15 is 0 Å². The lowest BCUT2D eigenvalue weighted by atomic mass is 9.95. The Labute approximate surface area is 90.9 Å². The largest absolute Gasteiger partial charge is 0.494 e. The molecule has 0 aromatic heterocycles. The summed E-state index contributed by atoms with van der Waals surface area (Å²) in [6.07, 6.45) is 7.53. The summed E-state index contributed by atoms with van der Waals surface area (Å²) in [5.41, 5.74) is 0. The number of nitrogens with one attached hydrogen (secondary N) is 1. The molecule has 1 N–H and O–H groups in total. The van der Waals surface area contributed by atoms with Crippen molar-refractivity contribution >= 4 is 5.91 Å². The lowest BCUT2D eigenvalue weighted by molar-refractivity contribution is -0.126. The molecule has 1 aliphatic heterocycles. The number of carbonyl (C=O) groups is 1. The molecule has 1 saturated heterocycles. The zero-order chi connectivity index (χ0) is 10.7. The van der Waals surface area contributed by atoms with Gasteiger partial charge in [-0.2, -0.15) is 0 Å². The molecule has 1 aliphatic carbocycles. The predicted octanol–water partition coefficient (Wildman–Crippen LogP) is 2.13. The molecule has 3 nitrogen and oxygen atoms in total. The molecule has 2 rings (SSSR count). The number of carbonyl (C=O) groups excluding carboxylic acids is 1. The average molecular weight is 209 g/mol. The Bertz CT molecular complexity index is 248. The molecular weight excluding hydrogens is 190 g/mol. The molecule has 0 radical (unpaired) electrons. The lowest BCUT2D eigenvalue weighted by Gasteiger charge is -2.30. The topological polar surface area (TPSA) is 38.3 Å². The summed E-state index contributed by atoms with van der Waals surface area (Å²) in [5, 5.41) is 3.08. The van der Waals surface area contributed by atoms with E-state index in [1.807, 2.05) is 0 Å². The average Bonchev–Trinajstić information content (AvgIpc) is 2.17. The smallest absolute Gasteiger partial charge is 0.223 e. The van der Waals surface area contributed by atoms with Gasteiger partial charge in [0.2, 0.25) is 5.91 Å². The van der Waals surface area contributed by atoms with Gasteiger partial charge in [0.05, 0.1) is 12.2 Å². The van der Waals surface area contributed by atoms with Crippen molar-refractivity contribution in [2.24, 2.45) is 0 Å². The minimum Gasteiger partial charge on any atom is -0.494 e. The third-order valence-corrected chi connectivity index (χ3v) is 3.17. The van der Waals surface area contributed by atoms with Crippen LogP contribution in [0.25, 0.3) is 0 Å². The van der Waals surface area contributed by atoms with E-state index in [1.54, 1.807) is 0 Å². The Balaban J connectivity index is 1.65. The van der Waals surface area contributed by atoms with Crippen molar-refractivity contribution in [3.8, 4) is 0 Å². The maximum absolute atomic E-state index is 11.6. The summed E-state index contributed by atoms with van der Waals surface area (Å²) in [5.74, 6) is 0.949. The van der Waals surface area contributed by atoms with Crippen LogP contribution in [0.15, 0.2) is 12.3 Å². The van der Waals surface area contributed by atoms with Gasteiger partial charge in [-0.3, -0.25) is 4.79 Å². The first-order valence-electron chi connectivity index (χ1n) is 5.88. The Hall–Kier alpha value is -0.990. The molecule has 2 fully saturated rings. The third kappa shape index (κ3) is 2.98. The van der Waals surface area contributed by atoms with Gasteiger partial charge in [-0.1, -0.05) is 25.8 Å². The molecule has 1 heterocycles. The Kier molecular flexibility index (Phi) is 3.29. The highest BCUT2D eigenvalue weighted by Gasteiger charge is 2.26. The zero-order valence-electron chi connectivity index (χ0n) is 9.13. The molecule has 0 spiro atoms. The number of hydrogen-bond acceptors (Lipinski definition) is 2. The summed E-state index contributed by atoms with van der Waals surface area (Å²) < 4.78 is 5.24. The summed E-state index contributed by atoms with van der Waals surface area (Å²) in [7, 11) is 0. The fourth-order valence-corrected chi connectivity index (χ4v) is 2.33. The number of amides is 1. The highest BCUT2D eigenvalue weighted by Crippen LogP contribution is 2.25. The Morgan fingerprint density at radius 2 is 2.07 bits per heavy atom. The molecule has 3 heteroatoms. The van der Waals surface area contributed by atoms with Crippen molar-refractivity contribution in [3.05, 3.63) is 12.3 Å². The zero-order valence-corrected chi connectivity index (χ0v) is 9.13. The van der Waals surface area contributed by atoms with Crippen LogP contribution in [0.3, 0.4) is 0 Å². The second-order valence-electron chi connectivity index (χ2n) is 4.59. The molecule has 2 aliphatic rings. The fraction of sp³-hybridized carbons (Fsp3) is 0.750. The van der Waals surface area contributed by atoms with Crippen LogP contribution in [0.4, 0.5) is 0 Å². The van der Waals surface area contributed by atoms with E-state index in [1.165, 1.54) is 19.3 Å². The molecule has 0 bridgehead atoms. The molecule has 0 aromatic rings. The van der Waals surface area contributed by atoms with Crippen LogP contribution in [-0.4, -0.2) is 18.1 Å². The van der Waals surface area contributed by atoms with Gasteiger partial charge in [0.15, 0.2) is 0 Å². The van der Waals surface area contributed by atoms with Gasteiger partial charge in [-0.15, -0.1) is 0 Å². The minimum atomic E-state index is 0.0843. The van der Waals surface area contributed by atoms with Gasteiger partial charge in [-0.25, -0.2) is 0 Å². The first-order chi connectivity index (χ1) is 7.24. The van der Waals surface area contributed by atoms with Gasteiger partial charge < -0.3 is 10.1 Å². The van der Waals surface area contributed by atoms with Gasteiger partial charge in [0.1, 0.15) is 6.10 Å². The minimum absolute atomic E-state index is 0.0843. The van der Waals surface area contributed by atoms with Crippen LogP contribution in [0.1, 0.15) is 44.9 Å². The van der Waals surface area contributed by atoms with Gasteiger partial charge in [0, 0.05) is 12.5 Å². The van der Waals surface area contributed by atoms with E-state index in [0.717, 1.165) is 25.0 Å². The molecule has 0 aromatic carbocycles. The maximum atomic E-state index is 11.6. The standard InChI is InChI=1S/C12H19NO2/c1-9-7-11(15-9)8-12(14)13-10-5-3-2-4-6-10/h10-11H,1-8H2,(H,13,14). The van der Waals surface area contributed by atoms with Crippen LogP contribution in [0.5, 0.6) is 0 Å². The molecule has 1 saturated carbocycles. The summed E-state index contributed by atoms with van der Waals surface area (Å²) >= 11 is 0. The molecule has 84 valence electrons. The molecule has 15 heavy (non-hydrogen) atoms. The first-order valence-corrected chi connectivity index (χ1v) is 5.88. The highest BCUT2D eigenvalue weighted by molar-refractivity contribution is 5.77. The molecule has 1 amide bonds. The van der Waals surface area contributed by atoms with Crippen molar-refractivity contribution in [1.29, 1.82) is 0 Å². The number of rotatable bonds is 3. The second kappa shape index (κ2) is 4.69. The number of hydrogen-bond donors (Lipinski definition) is 1. The lowest BCUT2D eigenvalue weighted by Crippen LogP contribution is -2.39. The first kappa shape index (κ1) is 10.5. The number of ether oxygens (including phenoxy) is 1. The van der Waals surface area contributed by atoms with E-state index in [-0.39, 0.29) is 12.0 Å². The van der Waals surface area contributed by atoms with E-state index in [0.29, 0.717) is 12.5 Å². The molecular formula is C12H19NO2. The maximum Gasteiger partial charge on any atom is 0.223 e. The third-order valence-electron chi connectivity index (χ3n) is 3.17. The summed E-state index contributed by atoms with van der Waals surface area (Å²) in [6.45, 7) is 3.68. The fourth-order valence-electron chi connectivity index (χ4n) is 2.33. The normalized spacial score (nSPS) is 26.7. The summed E-state index contributed by atoms with van der Waals surface area (Å²) in [4.78, 5) is 11.6. The molecule has 1 unspecified atom stereocenters. The Morgan fingerprint density at radius 3 is 2.67 bits per heavy atom. The van der Waals surface area contributed by atoms with E-state index in [4.69, 9.17) is 4.74 Å². The van der Waals surface area contributed by atoms with E-state index in [9.17, 15) is 4.79 Å². The van der Waals surface area contributed by atoms with Crippen LogP contribution in [0.2, 0.25) is 0 Å². The quantitative estimate of drug-likeness (QED) is 0.773. The van der Waals surface area contributed by atoms with Crippen molar-refractivity contribution < 1.29 is 9.53 Å². The van der Waals surface area contributed by atoms with Gasteiger partial charge in [-0.05, 0) is 12.8 Å². The van der Waals surface area contributed by atoms with Crippen LogP contribution in [-0.2, 0) is 9.53 Å². The van der Waals surface area contributed by atoms with E-state index < -0.39 is 0 Å².